The highest BCUT2D eigenvalue weighted by molar-refractivity contribution is 8.15. The number of thioether (sulfide) groups is 1. The van der Waals surface area contributed by atoms with Gasteiger partial charge in [-0.1, -0.05) is 24.8 Å². The van der Waals surface area contributed by atoms with Crippen LogP contribution in [0.4, 0.5) is 0 Å². The lowest BCUT2D eigenvalue weighted by molar-refractivity contribution is -0.116. The van der Waals surface area contributed by atoms with Crippen LogP contribution in [0.5, 0.6) is 11.5 Å². The average molecular weight is 321 g/mol. The number of ether oxygens (including phenoxy) is 2. The highest BCUT2D eigenvalue weighted by Gasteiger charge is 2.16. The molecule has 1 aliphatic rings. The Morgan fingerprint density at radius 3 is 2.95 bits per heavy atom. The Morgan fingerprint density at radius 1 is 1.50 bits per heavy atom. The van der Waals surface area contributed by atoms with Crippen LogP contribution < -0.4 is 14.8 Å². The Morgan fingerprint density at radius 2 is 2.32 bits per heavy atom. The third-order valence-electron chi connectivity index (χ3n) is 3.05. The quantitative estimate of drug-likeness (QED) is 0.645. The number of rotatable bonds is 6. The number of nitrogens with zero attached hydrogens (tertiary/aromatic N) is 2. The molecule has 0 bridgehead atoms. The van der Waals surface area contributed by atoms with Gasteiger partial charge < -0.3 is 14.8 Å². The molecule has 22 heavy (non-hydrogen) atoms. The first kappa shape index (κ1) is 16.4. The summed E-state index contributed by atoms with van der Waals surface area (Å²) in [6, 6.07) is 5.58. The molecular weight excluding hydrogens is 302 g/mol. The summed E-state index contributed by atoms with van der Waals surface area (Å²) in [5, 5.41) is 11.1. The van der Waals surface area contributed by atoms with Crippen molar-refractivity contribution in [3.8, 4) is 11.5 Å². The molecule has 6 nitrogen and oxygen atoms in total. The van der Waals surface area contributed by atoms with E-state index >= 15 is 0 Å². The van der Waals surface area contributed by atoms with Crippen LogP contribution >= 0.6 is 11.8 Å². The molecule has 1 atom stereocenters. The highest BCUT2D eigenvalue weighted by Crippen LogP contribution is 2.31. The lowest BCUT2D eigenvalue weighted by Gasteiger charge is -2.17. The number of carbonyl (C=O) groups excluding carboxylic acids is 1. The minimum atomic E-state index is -0.0545. The minimum Gasteiger partial charge on any atom is -0.493 e. The maximum atomic E-state index is 11.1. The summed E-state index contributed by atoms with van der Waals surface area (Å²) >= 11 is 1.33. The molecule has 1 fully saturated rings. The van der Waals surface area contributed by atoms with Gasteiger partial charge in [-0.05, 0) is 25.5 Å². The van der Waals surface area contributed by atoms with Crippen LogP contribution in [0.15, 0.2) is 28.4 Å². The van der Waals surface area contributed by atoms with Crippen molar-refractivity contribution >= 4 is 29.1 Å². The summed E-state index contributed by atoms with van der Waals surface area (Å²) in [7, 11) is 1.60. The largest absolute Gasteiger partial charge is 0.493 e. The normalized spacial score (nSPS) is 17.8. The molecule has 7 heteroatoms. The average Bonchev–Trinajstić information content (AvgIpc) is 2.94. The molecule has 1 aromatic rings. The van der Waals surface area contributed by atoms with E-state index in [1.54, 1.807) is 13.3 Å². The van der Waals surface area contributed by atoms with Crippen molar-refractivity contribution in [1.29, 1.82) is 0 Å². The molecule has 0 spiro atoms. The van der Waals surface area contributed by atoms with Crippen molar-refractivity contribution in [2.45, 2.75) is 26.4 Å². The Hall–Kier alpha value is -2.02. The third-order valence-corrected chi connectivity index (χ3v) is 3.92. The molecule has 0 radical (unpaired) electrons. The molecule has 1 aliphatic heterocycles. The first-order chi connectivity index (χ1) is 10.6. The second-order valence-corrected chi connectivity index (χ2v) is 5.67. The van der Waals surface area contributed by atoms with Crippen LogP contribution in [0, 0.1) is 0 Å². The van der Waals surface area contributed by atoms with Crippen LogP contribution in [-0.4, -0.2) is 36.3 Å². The zero-order valence-corrected chi connectivity index (χ0v) is 13.6. The second-order valence-electron chi connectivity index (χ2n) is 4.70. The fourth-order valence-corrected chi connectivity index (χ4v) is 2.36. The molecule has 0 saturated carbocycles. The Labute approximate surface area is 134 Å². The molecule has 1 N–H and O–H groups in total. The molecule has 2 rings (SSSR count). The fraction of sp³-hybridized carbons (Fsp3) is 0.400. The number of para-hydroxylation sites is 1. The Kier molecular flexibility index (Phi) is 5.83. The zero-order chi connectivity index (χ0) is 15.9. The van der Waals surface area contributed by atoms with Crippen LogP contribution in [0.3, 0.4) is 0 Å². The summed E-state index contributed by atoms with van der Waals surface area (Å²) in [5.74, 6) is 1.63. The number of hydrogen-bond acceptors (Lipinski definition) is 6. The molecule has 1 amide bonds. The predicted molar refractivity (Wildman–Crippen MR) is 89.0 cm³/mol. The van der Waals surface area contributed by atoms with Gasteiger partial charge in [-0.15, -0.1) is 5.10 Å². The van der Waals surface area contributed by atoms with E-state index < -0.39 is 0 Å². The van der Waals surface area contributed by atoms with E-state index in [-0.39, 0.29) is 12.0 Å². The van der Waals surface area contributed by atoms with Gasteiger partial charge in [0.15, 0.2) is 16.7 Å². The maximum absolute atomic E-state index is 11.1. The van der Waals surface area contributed by atoms with Crippen molar-refractivity contribution < 1.29 is 14.3 Å². The standard InChI is InChI=1S/C15H19N3O3S/c1-4-10(2)21-14-11(6-5-7-12(14)20-3)8-16-18-15-17-13(19)9-22-15/h5-8,10H,4,9H2,1-3H3,(H,17,18,19). The van der Waals surface area contributed by atoms with E-state index in [1.165, 1.54) is 11.8 Å². The van der Waals surface area contributed by atoms with Crippen molar-refractivity contribution in [2.24, 2.45) is 10.2 Å². The number of methoxy groups -OCH3 is 1. The number of benzene rings is 1. The number of carbonyl (C=O) groups is 1. The summed E-state index contributed by atoms with van der Waals surface area (Å²) in [6.45, 7) is 4.05. The van der Waals surface area contributed by atoms with Crippen LogP contribution in [0.2, 0.25) is 0 Å². The Balaban J connectivity index is 2.20. The van der Waals surface area contributed by atoms with E-state index in [4.69, 9.17) is 9.47 Å². The zero-order valence-electron chi connectivity index (χ0n) is 12.8. The van der Waals surface area contributed by atoms with Gasteiger partial charge in [-0.25, -0.2) is 0 Å². The molecule has 1 heterocycles. The van der Waals surface area contributed by atoms with Crippen molar-refractivity contribution in [3.05, 3.63) is 23.8 Å². The van der Waals surface area contributed by atoms with E-state index in [1.807, 2.05) is 25.1 Å². The highest BCUT2D eigenvalue weighted by atomic mass is 32.2. The minimum absolute atomic E-state index is 0.0545. The van der Waals surface area contributed by atoms with Crippen LogP contribution in [-0.2, 0) is 4.79 Å². The summed E-state index contributed by atoms with van der Waals surface area (Å²) in [4.78, 5) is 11.1. The van der Waals surface area contributed by atoms with Crippen LogP contribution in [0.25, 0.3) is 0 Å². The maximum Gasteiger partial charge on any atom is 0.236 e. The first-order valence-corrected chi connectivity index (χ1v) is 8.00. The number of nitrogens with one attached hydrogen (secondary N) is 1. The van der Waals surface area contributed by atoms with E-state index in [0.717, 1.165) is 12.0 Å². The Bertz CT molecular complexity index is 602. The van der Waals surface area contributed by atoms with E-state index in [2.05, 4.69) is 22.4 Å². The van der Waals surface area contributed by atoms with Gasteiger partial charge in [0.2, 0.25) is 5.91 Å². The van der Waals surface area contributed by atoms with E-state index in [9.17, 15) is 4.79 Å². The molecule has 1 aromatic carbocycles. The molecule has 1 unspecified atom stereocenters. The number of amidine groups is 1. The number of amides is 1. The second kappa shape index (κ2) is 7.84. The lowest BCUT2D eigenvalue weighted by atomic mass is 10.2. The summed E-state index contributed by atoms with van der Waals surface area (Å²) < 4.78 is 11.3. The monoisotopic (exact) mass is 321 g/mol. The van der Waals surface area contributed by atoms with Gasteiger partial charge in [-0.3, -0.25) is 4.79 Å². The van der Waals surface area contributed by atoms with Crippen molar-refractivity contribution in [2.75, 3.05) is 12.9 Å². The predicted octanol–water partition coefficient (Wildman–Crippen LogP) is 2.43. The van der Waals surface area contributed by atoms with Crippen molar-refractivity contribution in [3.63, 3.8) is 0 Å². The van der Waals surface area contributed by atoms with Gasteiger partial charge in [-0.2, -0.15) is 5.10 Å². The van der Waals surface area contributed by atoms with Gasteiger partial charge in [0.25, 0.3) is 0 Å². The summed E-state index contributed by atoms with van der Waals surface area (Å²) in [5.41, 5.74) is 0.776. The summed E-state index contributed by atoms with van der Waals surface area (Å²) in [6.07, 6.45) is 2.55. The smallest absolute Gasteiger partial charge is 0.236 e. The molecular formula is C15H19N3O3S. The third kappa shape index (κ3) is 4.24. The topological polar surface area (TPSA) is 72.3 Å². The lowest BCUT2D eigenvalue weighted by Crippen LogP contribution is -2.19. The van der Waals surface area contributed by atoms with Gasteiger partial charge in [0, 0.05) is 5.56 Å². The van der Waals surface area contributed by atoms with E-state index in [0.29, 0.717) is 22.4 Å². The van der Waals surface area contributed by atoms with Crippen LogP contribution in [0.1, 0.15) is 25.8 Å². The van der Waals surface area contributed by atoms with Gasteiger partial charge in [0.05, 0.1) is 25.2 Å². The molecule has 0 aromatic heterocycles. The van der Waals surface area contributed by atoms with Gasteiger partial charge >= 0.3 is 0 Å². The first-order valence-electron chi connectivity index (χ1n) is 7.01. The molecule has 1 saturated heterocycles. The van der Waals surface area contributed by atoms with Gasteiger partial charge in [0.1, 0.15) is 0 Å². The molecule has 0 aliphatic carbocycles. The fourth-order valence-electron chi connectivity index (χ4n) is 1.73. The number of hydrogen-bond donors (Lipinski definition) is 1. The molecule has 118 valence electrons. The van der Waals surface area contributed by atoms with Crippen molar-refractivity contribution in [1.82, 2.24) is 5.32 Å². The SMILES string of the molecule is CCC(C)Oc1c(C=NN=C2NC(=O)CS2)cccc1OC.